The third kappa shape index (κ3) is 3.50. The van der Waals surface area contributed by atoms with E-state index in [4.69, 9.17) is 21.6 Å². The molecule has 5 heteroatoms. The molecule has 0 aliphatic rings. The van der Waals surface area contributed by atoms with Gasteiger partial charge in [-0.3, -0.25) is 0 Å². The highest BCUT2D eigenvalue weighted by molar-refractivity contribution is 9.11. The van der Waals surface area contributed by atoms with Crippen LogP contribution in [-0.2, 0) is 6.61 Å². The van der Waals surface area contributed by atoms with E-state index in [9.17, 15) is 0 Å². The number of halogens is 3. The van der Waals surface area contributed by atoms with Crippen LogP contribution in [0, 0.1) is 11.3 Å². The largest absolute Gasteiger partial charge is 0.486 e. The van der Waals surface area contributed by atoms with Crippen molar-refractivity contribution in [3.05, 3.63) is 61.5 Å². The van der Waals surface area contributed by atoms with Gasteiger partial charge in [-0.25, -0.2) is 0 Å². The van der Waals surface area contributed by atoms with Gasteiger partial charge in [0.15, 0.2) is 5.75 Å². The molecule has 0 aliphatic carbocycles. The molecule has 0 heterocycles. The summed E-state index contributed by atoms with van der Waals surface area (Å²) in [6.45, 7) is 0.314. The van der Waals surface area contributed by atoms with E-state index in [2.05, 4.69) is 37.9 Å². The molecule has 0 aromatic heterocycles. The second-order valence-electron chi connectivity index (χ2n) is 3.76. The summed E-state index contributed by atoms with van der Waals surface area (Å²) in [6.07, 6.45) is 0. The topological polar surface area (TPSA) is 33.0 Å². The van der Waals surface area contributed by atoms with Crippen molar-refractivity contribution in [3.63, 3.8) is 0 Å². The summed E-state index contributed by atoms with van der Waals surface area (Å²) in [4.78, 5) is 0. The van der Waals surface area contributed by atoms with Crippen molar-refractivity contribution in [2.45, 2.75) is 6.61 Å². The van der Waals surface area contributed by atoms with Crippen molar-refractivity contribution >= 4 is 43.5 Å². The highest BCUT2D eigenvalue weighted by Gasteiger charge is 2.11. The van der Waals surface area contributed by atoms with Crippen molar-refractivity contribution in [2.75, 3.05) is 0 Å². The zero-order chi connectivity index (χ0) is 13.8. The molecule has 0 fully saturated rings. The van der Waals surface area contributed by atoms with E-state index >= 15 is 0 Å². The number of hydrogen-bond acceptors (Lipinski definition) is 2. The molecule has 96 valence electrons. The highest BCUT2D eigenvalue weighted by Crippen LogP contribution is 2.33. The maximum atomic E-state index is 9.12. The SMILES string of the molecule is N#Cc1cc(Br)cc(Br)c1OCc1ccccc1Cl. The lowest BCUT2D eigenvalue weighted by Gasteiger charge is -2.11. The summed E-state index contributed by atoms with van der Waals surface area (Å²) in [5.41, 5.74) is 1.34. The van der Waals surface area contributed by atoms with E-state index < -0.39 is 0 Å². The second-order valence-corrected chi connectivity index (χ2v) is 5.93. The Morgan fingerprint density at radius 1 is 1.21 bits per heavy atom. The van der Waals surface area contributed by atoms with E-state index in [-0.39, 0.29) is 0 Å². The van der Waals surface area contributed by atoms with Crippen LogP contribution in [0.2, 0.25) is 5.02 Å². The van der Waals surface area contributed by atoms with E-state index in [1.165, 1.54) is 0 Å². The zero-order valence-corrected chi connectivity index (χ0v) is 13.6. The van der Waals surface area contributed by atoms with Crippen molar-refractivity contribution in [2.24, 2.45) is 0 Å². The summed E-state index contributed by atoms with van der Waals surface area (Å²) in [5, 5.41) is 9.77. The third-order valence-corrected chi connectivity index (χ3v) is 3.87. The maximum Gasteiger partial charge on any atom is 0.151 e. The van der Waals surface area contributed by atoms with Gasteiger partial charge in [0, 0.05) is 15.1 Å². The molecule has 2 aromatic rings. The van der Waals surface area contributed by atoms with E-state index in [0.29, 0.717) is 22.9 Å². The molecular weight excluding hydrogens is 393 g/mol. The smallest absolute Gasteiger partial charge is 0.151 e. The van der Waals surface area contributed by atoms with Crippen LogP contribution in [0.1, 0.15) is 11.1 Å². The van der Waals surface area contributed by atoms with Crippen molar-refractivity contribution < 1.29 is 4.74 Å². The van der Waals surface area contributed by atoms with Gasteiger partial charge in [-0.05, 0) is 34.1 Å². The molecule has 2 aromatic carbocycles. The van der Waals surface area contributed by atoms with Gasteiger partial charge < -0.3 is 4.74 Å². The molecule has 0 atom stereocenters. The first-order valence-corrected chi connectivity index (χ1v) is 7.33. The average molecular weight is 401 g/mol. The predicted molar refractivity (Wildman–Crippen MR) is 82.3 cm³/mol. The Balaban J connectivity index is 2.26. The first-order chi connectivity index (χ1) is 9.11. The summed E-state index contributed by atoms with van der Waals surface area (Å²) in [5.74, 6) is 0.519. The Morgan fingerprint density at radius 2 is 1.95 bits per heavy atom. The van der Waals surface area contributed by atoms with E-state index in [0.717, 1.165) is 14.5 Å². The lowest BCUT2D eigenvalue weighted by molar-refractivity contribution is 0.303. The van der Waals surface area contributed by atoms with Crippen molar-refractivity contribution in [3.8, 4) is 11.8 Å². The molecule has 0 spiro atoms. The molecule has 0 saturated heterocycles. The van der Waals surface area contributed by atoms with Crippen LogP contribution in [0.25, 0.3) is 0 Å². The number of hydrogen-bond donors (Lipinski definition) is 0. The number of nitriles is 1. The number of ether oxygens (including phenoxy) is 1. The average Bonchev–Trinajstić information content (AvgIpc) is 2.38. The fraction of sp³-hybridized carbons (Fsp3) is 0.0714. The molecule has 0 radical (unpaired) electrons. The molecule has 0 unspecified atom stereocenters. The minimum atomic E-state index is 0.314. The second kappa shape index (κ2) is 6.42. The Labute approximate surface area is 133 Å². The van der Waals surface area contributed by atoms with Crippen LogP contribution in [0.5, 0.6) is 5.75 Å². The van der Waals surface area contributed by atoms with Gasteiger partial charge in [0.25, 0.3) is 0 Å². The van der Waals surface area contributed by atoms with Crippen LogP contribution in [0.3, 0.4) is 0 Å². The minimum Gasteiger partial charge on any atom is -0.486 e. The molecule has 2 nitrogen and oxygen atoms in total. The molecule has 2 rings (SSSR count). The quantitative estimate of drug-likeness (QED) is 0.698. The third-order valence-electron chi connectivity index (χ3n) is 2.46. The van der Waals surface area contributed by atoms with Gasteiger partial charge in [-0.15, -0.1) is 0 Å². The highest BCUT2D eigenvalue weighted by atomic mass is 79.9. The van der Waals surface area contributed by atoms with Crippen LogP contribution in [0.4, 0.5) is 0 Å². The Bertz CT molecular complexity index is 652. The Kier molecular flexibility index (Phi) is 4.87. The number of nitrogens with zero attached hydrogens (tertiary/aromatic N) is 1. The minimum absolute atomic E-state index is 0.314. The fourth-order valence-electron chi connectivity index (χ4n) is 1.56. The molecule has 0 saturated carbocycles. The molecule has 0 aliphatic heterocycles. The standard InChI is InChI=1S/C14H8Br2ClNO/c15-11-5-10(7-18)14(12(16)6-11)19-8-9-3-1-2-4-13(9)17/h1-6H,8H2. The maximum absolute atomic E-state index is 9.12. The van der Waals surface area contributed by atoms with Crippen LogP contribution >= 0.6 is 43.5 Å². The lowest BCUT2D eigenvalue weighted by Crippen LogP contribution is -1.99. The molecule has 19 heavy (non-hydrogen) atoms. The summed E-state index contributed by atoms with van der Waals surface area (Å²) in [7, 11) is 0. The Hall–Kier alpha value is -1.02. The zero-order valence-electron chi connectivity index (χ0n) is 9.66. The fourth-order valence-corrected chi connectivity index (χ4v) is 3.09. The van der Waals surface area contributed by atoms with Gasteiger partial charge in [0.2, 0.25) is 0 Å². The normalized spacial score (nSPS) is 10.0. The number of rotatable bonds is 3. The summed E-state index contributed by atoms with van der Waals surface area (Å²) in [6, 6.07) is 13.1. The van der Waals surface area contributed by atoms with Crippen LogP contribution < -0.4 is 4.74 Å². The van der Waals surface area contributed by atoms with Gasteiger partial charge in [-0.1, -0.05) is 45.7 Å². The lowest BCUT2D eigenvalue weighted by atomic mass is 10.2. The van der Waals surface area contributed by atoms with Crippen molar-refractivity contribution in [1.82, 2.24) is 0 Å². The van der Waals surface area contributed by atoms with Gasteiger partial charge in [0.05, 0.1) is 10.0 Å². The van der Waals surface area contributed by atoms with Gasteiger partial charge >= 0.3 is 0 Å². The summed E-state index contributed by atoms with van der Waals surface area (Å²) < 4.78 is 7.25. The van der Waals surface area contributed by atoms with E-state index in [1.54, 1.807) is 6.07 Å². The van der Waals surface area contributed by atoms with Gasteiger partial charge in [0.1, 0.15) is 12.7 Å². The number of benzene rings is 2. The Morgan fingerprint density at radius 3 is 2.63 bits per heavy atom. The van der Waals surface area contributed by atoms with Gasteiger partial charge in [-0.2, -0.15) is 5.26 Å². The molecule has 0 bridgehead atoms. The first-order valence-electron chi connectivity index (χ1n) is 5.37. The monoisotopic (exact) mass is 399 g/mol. The predicted octanol–water partition coefficient (Wildman–Crippen LogP) is 5.32. The summed E-state index contributed by atoms with van der Waals surface area (Å²) >= 11 is 12.8. The molecule has 0 N–H and O–H groups in total. The van der Waals surface area contributed by atoms with Crippen LogP contribution in [0.15, 0.2) is 45.3 Å². The van der Waals surface area contributed by atoms with Crippen LogP contribution in [-0.4, -0.2) is 0 Å². The molecule has 0 amide bonds. The van der Waals surface area contributed by atoms with E-state index in [1.807, 2.05) is 30.3 Å². The molecular formula is C14H8Br2ClNO. The first kappa shape index (κ1) is 14.4. The van der Waals surface area contributed by atoms with Crippen molar-refractivity contribution in [1.29, 1.82) is 5.26 Å².